The smallest absolute Gasteiger partial charge is 0.301 e. The molecule has 4 aromatic rings. The summed E-state index contributed by atoms with van der Waals surface area (Å²) in [5.41, 5.74) is 2.87. The molecule has 176 valence electrons. The van der Waals surface area contributed by atoms with Gasteiger partial charge in [0.1, 0.15) is 11.5 Å². The van der Waals surface area contributed by atoms with Crippen molar-refractivity contribution in [2.45, 2.75) is 6.04 Å². The topological polar surface area (TPSA) is 83.0 Å². The summed E-state index contributed by atoms with van der Waals surface area (Å²) in [6.07, 6.45) is 0. The molecule has 1 unspecified atom stereocenters. The minimum atomic E-state index is -0.825. The first-order valence-electron chi connectivity index (χ1n) is 11.0. The van der Waals surface area contributed by atoms with Crippen LogP contribution < -0.4 is 14.5 Å². The highest BCUT2D eigenvalue weighted by Gasteiger charge is 2.48. The standard InChI is InChI=1S/C27H23N3O4S/c1-29(2)18-11-9-16(10-12-18)23-22(24(31)17-7-5-4-6-8-17)25(32)26(33)30(23)27-28-20-14-13-19(34-3)15-21(20)35-27/h4-15,23,31H,1-3H3/b24-22+. The SMILES string of the molecule is COc1ccc2nc(N3C(=O)C(=O)/C(=C(/O)c4ccccc4)C3c3ccc(N(C)C)cc3)sc2c1. The van der Waals surface area contributed by atoms with E-state index in [9.17, 15) is 14.7 Å². The number of anilines is 2. The molecule has 35 heavy (non-hydrogen) atoms. The van der Waals surface area contributed by atoms with Crippen molar-refractivity contribution in [2.75, 3.05) is 31.0 Å². The van der Waals surface area contributed by atoms with Gasteiger partial charge in [-0.15, -0.1) is 0 Å². The Bertz CT molecular complexity index is 1460. The van der Waals surface area contributed by atoms with Gasteiger partial charge >= 0.3 is 5.91 Å². The molecule has 0 aliphatic carbocycles. The van der Waals surface area contributed by atoms with Gasteiger partial charge in [0.05, 0.1) is 28.9 Å². The van der Waals surface area contributed by atoms with Gasteiger partial charge in [-0.1, -0.05) is 53.8 Å². The van der Waals surface area contributed by atoms with E-state index in [1.165, 1.54) is 16.2 Å². The zero-order valence-corrected chi connectivity index (χ0v) is 20.2. The molecular formula is C27H23N3O4S. The number of aliphatic hydroxyl groups is 1. The van der Waals surface area contributed by atoms with E-state index in [1.807, 2.05) is 61.5 Å². The number of ether oxygens (including phenoxy) is 1. The molecule has 1 aromatic heterocycles. The fraction of sp³-hybridized carbons (Fsp3) is 0.148. The fourth-order valence-electron chi connectivity index (χ4n) is 4.17. The number of amides is 1. The molecular weight excluding hydrogens is 462 g/mol. The Labute approximate surface area is 206 Å². The molecule has 1 aliphatic rings. The quantitative estimate of drug-likeness (QED) is 0.243. The van der Waals surface area contributed by atoms with E-state index in [4.69, 9.17) is 4.74 Å². The van der Waals surface area contributed by atoms with Gasteiger partial charge in [0.2, 0.25) is 0 Å². The lowest BCUT2D eigenvalue weighted by Gasteiger charge is -2.23. The Morgan fingerprint density at radius 1 is 1.03 bits per heavy atom. The number of carbonyl (C=O) groups is 2. The molecule has 0 radical (unpaired) electrons. The van der Waals surface area contributed by atoms with E-state index in [0.29, 0.717) is 27.5 Å². The monoisotopic (exact) mass is 485 g/mol. The van der Waals surface area contributed by atoms with Crippen LogP contribution in [0.4, 0.5) is 10.8 Å². The molecule has 1 atom stereocenters. The Balaban J connectivity index is 1.70. The summed E-state index contributed by atoms with van der Waals surface area (Å²) in [7, 11) is 5.46. The molecule has 2 heterocycles. The van der Waals surface area contributed by atoms with Crippen molar-refractivity contribution in [3.05, 3.63) is 89.5 Å². The van der Waals surface area contributed by atoms with Gasteiger partial charge in [-0.3, -0.25) is 14.5 Å². The summed E-state index contributed by atoms with van der Waals surface area (Å²) in [6, 6.07) is 21.0. The third-order valence-electron chi connectivity index (χ3n) is 6.01. The van der Waals surface area contributed by atoms with Crippen LogP contribution in [-0.2, 0) is 9.59 Å². The van der Waals surface area contributed by atoms with Gasteiger partial charge in [0, 0.05) is 25.3 Å². The summed E-state index contributed by atoms with van der Waals surface area (Å²) in [5.74, 6) is -1.01. The van der Waals surface area contributed by atoms with Gasteiger partial charge in [0.15, 0.2) is 5.13 Å². The van der Waals surface area contributed by atoms with Crippen molar-refractivity contribution in [3.63, 3.8) is 0 Å². The van der Waals surface area contributed by atoms with E-state index in [0.717, 1.165) is 10.4 Å². The number of fused-ring (bicyclic) bond motifs is 1. The van der Waals surface area contributed by atoms with E-state index in [1.54, 1.807) is 37.4 Å². The zero-order valence-electron chi connectivity index (χ0n) is 19.4. The number of nitrogens with zero attached hydrogens (tertiary/aromatic N) is 3. The Hall–Kier alpha value is -4.17. The number of rotatable bonds is 5. The molecule has 1 fully saturated rings. The summed E-state index contributed by atoms with van der Waals surface area (Å²) >= 11 is 1.30. The van der Waals surface area contributed by atoms with Crippen molar-refractivity contribution in [3.8, 4) is 5.75 Å². The number of methoxy groups -OCH3 is 1. The molecule has 0 saturated carbocycles. The summed E-state index contributed by atoms with van der Waals surface area (Å²) < 4.78 is 6.14. The van der Waals surface area contributed by atoms with Crippen LogP contribution in [0.1, 0.15) is 17.2 Å². The van der Waals surface area contributed by atoms with Crippen LogP contribution in [0.3, 0.4) is 0 Å². The van der Waals surface area contributed by atoms with Gasteiger partial charge in [-0.25, -0.2) is 4.98 Å². The molecule has 3 aromatic carbocycles. The Morgan fingerprint density at radius 2 is 1.74 bits per heavy atom. The van der Waals surface area contributed by atoms with Crippen molar-refractivity contribution >= 4 is 49.8 Å². The van der Waals surface area contributed by atoms with Crippen molar-refractivity contribution in [2.24, 2.45) is 0 Å². The number of carbonyl (C=O) groups excluding carboxylic acids is 2. The third kappa shape index (κ3) is 3.91. The first-order valence-corrected chi connectivity index (χ1v) is 11.8. The summed E-state index contributed by atoms with van der Waals surface area (Å²) in [5, 5.41) is 11.6. The highest BCUT2D eigenvalue weighted by Crippen LogP contribution is 2.44. The number of hydrogen-bond donors (Lipinski definition) is 1. The second kappa shape index (κ2) is 8.88. The number of thiazole rings is 1. The van der Waals surface area contributed by atoms with Crippen LogP contribution in [-0.4, -0.2) is 43.0 Å². The third-order valence-corrected chi connectivity index (χ3v) is 7.02. The molecule has 7 nitrogen and oxygen atoms in total. The van der Waals surface area contributed by atoms with Crippen LogP contribution >= 0.6 is 11.3 Å². The lowest BCUT2D eigenvalue weighted by molar-refractivity contribution is -0.132. The molecule has 0 spiro atoms. The van der Waals surface area contributed by atoms with Crippen LogP contribution in [0.25, 0.3) is 16.0 Å². The number of aliphatic hydroxyl groups excluding tert-OH is 1. The second-order valence-corrected chi connectivity index (χ2v) is 9.36. The fourth-order valence-corrected chi connectivity index (χ4v) is 5.19. The number of hydrogen-bond acceptors (Lipinski definition) is 7. The van der Waals surface area contributed by atoms with E-state index in [2.05, 4.69) is 4.98 Å². The molecule has 1 amide bonds. The number of benzene rings is 3. The first-order chi connectivity index (χ1) is 16.9. The van der Waals surface area contributed by atoms with Crippen LogP contribution in [0.15, 0.2) is 78.4 Å². The van der Waals surface area contributed by atoms with E-state index >= 15 is 0 Å². The van der Waals surface area contributed by atoms with Crippen LogP contribution in [0.2, 0.25) is 0 Å². The van der Waals surface area contributed by atoms with Crippen molar-refractivity contribution in [1.82, 2.24) is 4.98 Å². The molecule has 1 saturated heterocycles. The summed E-state index contributed by atoms with van der Waals surface area (Å²) in [4.78, 5) is 34.7. The van der Waals surface area contributed by atoms with Gasteiger partial charge in [-0.05, 0) is 35.9 Å². The predicted molar refractivity (Wildman–Crippen MR) is 138 cm³/mol. The maximum absolute atomic E-state index is 13.4. The predicted octanol–water partition coefficient (Wildman–Crippen LogP) is 5.00. The van der Waals surface area contributed by atoms with Crippen LogP contribution in [0.5, 0.6) is 5.75 Å². The lowest BCUT2D eigenvalue weighted by Crippen LogP contribution is -2.29. The number of ketones is 1. The first kappa shape index (κ1) is 22.6. The molecule has 8 heteroatoms. The minimum Gasteiger partial charge on any atom is -0.507 e. The number of aromatic nitrogens is 1. The molecule has 1 N–H and O–H groups in total. The highest BCUT2D eigenvalue weighted by molar-refractivity contribution is 7.22. The maximum Gasteiger partial charge on any atom is 0.301 e. The van der Waals surface area contributed by atoms with Gasteiger partial charge in [-0.2, -0.15) is 0 Å². The normalized spacial score (nSPS) is 17.2. The molecule has 1 aliphatic heterocycles. The van der Waals surface area contributed by atoms with E-state index < -0.39 is 17.7 Å². The van der Waals surface area contributed by atoms with Gasteiger partial charge < -0.3 is 14.7 Å². The maximum atomic E-state index is 13.4. The van der Waals surface area contributed by atoms with Crippen molar-refractivity contribution < 1.29 is 19.4 Å². The largest absolute Gasteiger partial charge is 0.507 e. The van der Waals surface area contributed by atoms with Gasteiger partial charge in [0.25, 0.3) is 5.78 Å². The summed E-state index contributed by atoms with van der Waals surface area (Å²) in [6.45, 7) is 0. The Morgan fingerprint density at radius 3 is 2.40 bits per heavy atom. The Kier molecular flexibility index (Phi) is 5.74. The lowest BCUT2D eigenvalue weighted by atomic mass is 9.95. The van der Waals surface area contributed by atoms with Crippen molar-refractivity contribution in [1.29, 1.82) is 0 Å². The molecule has 0 bridgehead atoms. The zero-order chi connectivity index (χ0) is 24.7. The minimum absolute atomic E-state index is 0.0376. The second-order valence-electron chi connectivity index (χ2n) is 8.35. The highest BCUT2D eigenvalue weighted by atomic mass is 32.1. The number of Topliss-reactive ketones (excluding diaryl/α,β-unsaturated/α-hetero) is 1. The molecule has 5 rings (SSSR count). The van der Waals surface area contributed by atoms with Crippen LogP contribution in [0, 0.1) is 0 Å². The average Bonchev–Trinajstić information content (AvgIpc) is 3.41. The average molecular weight is 486 g/mol. The van der Waals surface area contributed by atoms with E-state index in [-0.39, 0.29) is 11.3 Å².